The van der Waals surface area contributed by atoms with Crippen LogP contribution >= 0.6 is 22.9 Å². The van der Waals surface area contributed by atoms with Gasteiger partial charge in [0.05, 0.1) is 17.7 Å². The van der Waals surface area contributed by atoms with Crippen LogP contribution in [-0.4, -0.2) is 31.4 Å². The van der Waals surface area contributed by atoms with Gasteiger partial charge in [-0.15, -0.1) is 11.3 Å². The Morgan fingerprint density at radius 1 is 1.13 bits per heavy atom. The zero-order valence-corrected chi connectivity index (χ0v) is 18.5. The molecule has 9 heteroatoms. The topological polar surface area (TPSA) is 78.8 Å². The van der Waals surface area contributed by atoms with Gasteiger partial charge in [0.1, 0.15) is 0 Å². The molecule has 156 valence electrons. The maximum Gasteiger partial charge on any atom is 0.255 e. The van der Waals surface area contributed by atoms with Gasteiger partial charge in [-0.25, -0.2) is 13.8 Å². The minimum Gasteiger partial charge on any atom is -0.272 e. The fourth-order valence-electron chi connectivity index (χ4n) is 2.61. The Kier molecular flexibility index (Phi) is 7.38. The molecule has 0 aliphatic heterocycles. The van der Waals surface area contributed by atoms with Crippen LogP contribution in [0.15, 0.2) is 76.0 Å². The highest BCUT2D eigenvalue weighted by atomic mass is 35.5. The van der Waals surface area contributed by atoms with Crippen molar-refractivity contribution >= 4 is 45.1 Å². The molecular weight excluding hydrogens is 442 g/mol. The molecule has 0 saturated heterocycles. The molecular formula is C21H20ClN3O3S2. The predicted molar refractivity (Wildman–Crippen MR) is 120 cm³/mol. The van der Waals surface area contributed by atoms with E-state index in [2.05, 4.69) is 10.5 Å². The molecule has 0 spiro atoms. The summed E-state index contributed by atoms with van der Waals surface area (Å²) in [7, 11) is -3.90. The van der Waals surface area contributed by atoms with Crippen LogP contribution in [0.25, 0.3) is 0 Å². The van der Waals surface area contributed by atoms with Crippen molar-refractivity contribution in [2.24, 2.45) is 5.10 Å². The zero-order chi connectivity index (χ0) is 21.6. The Morgan fingerprint density at radius 3 is 2.47 bits per heavy atom. The highest BCUT2D eigenvalue weighted by Gasteiger charge is 2.27. The molecule has 1 heterocycles. The van der Waals surface area contributed by atoms with E-state index >= 15 is 0 Å². The van der Waals surface area contributed by atoms with Gasteiger partial charge >= 0.3 is 0 Å². The van der Waals surface area contributed by atoms with Crippen molar-refractivity contribution in [1.82, 2.24) is 9.73 Å². The number of sulfonamides is 1. The maximum atomic E-state index is 13.2. The number of amides is 1. The SMILES string of the molecule is Cc1ccc(S(=O)(=O)N(CC(=O)NN=Cc2cccs2)Cc2ccc(Cl)cc2)cc1. The van der Waals surface area contributed by atoms with E-state index in [1.807, 2.05) is 24.4 Å². The third-order valence-electron chi connectivity index (χ3n) is 4.18. The van der Waals surface area contributed by atoms with Crippen molar-refractivity contribution in [2.75, 3.05) is 6.54 Å². The first-order valence-corrected chi connectivity index (χ1v) is 11.7. The fourth-order valence-corrected chi connectivity index (χ4v) is 4.70. The number of halogens is 1. The van der Waals surface area contributed by atoms with E-state index < -0.39 is 15.9 Å². The smallest absolute Gasteiger partial charge is 0.255 e. The Morgan fingerprint density at radius 2 is 1.83 bits per heavy atom. The summed E-state index contributed by atoms with van der Waals surface area (Å²) in [5, 5.41) is 6.34. The summed E-state index contributed by atoms with van der Waals surface area (Å²) >= 11 is 7.40. The average Bonchev–Trinajstić information content (AvgIpc) is 3.23. The van der Waals surface area contributed by atoms with Gasteiger partial charge in [0.25, 0.3) is 5.91 Å². The standard InChI is InChI=1S/C21H20ClN3O3S2/c1-16-4-10-20(11-5-16)30(27,28)25(14-17-6-8-18(22)9-7-17)15-21(26)24-23-13-19-3-2-12-29-19/h2-13H,14-15H2,1H3,(H,24,26). The normalized spacial score (nSPS) is 11.8. The number of aryl methyl sites for hydroxylation is 1. The number of benzene rings is 2. The van der Waals surface area contributed by atoms with Crippen LogP contribution in [0.5, 0.6) is 0 Å². The van der Waals surface area contributed by atoms with Gasteiger partial charge in [-0.05, 0) is 48.2 Å². The molecule has 1 N–H and O–H groups in total. The summed E-state index contributed by atoms with van der Waals surface area (Å²) in [5.74, 6) is -0.535. The molecule has 6 nitrogen and oxygen atoms in total. The highest BCUT2D eigenvalue weighted by Crippen LogP contribution is 2.20. The lowest BCUT2D eigenvalue weighted by Gasteiger charge is -2.21. The number of rotatable bonds is 8. The van der Waals surface area contributed by atoms with Crippen LogP contribution in [0.3, 0.4) is 0 Å². The van der Waals surface area contributed by atoms with E-state index in [4.69, 9.17) is 11.6 Å². The fraction of sp³-hybridized carbons (Fsp3) is 0.143. The predicted octanol–water partition coefficient (Wildman–Crippen LogP) is 4.05. The van der Waals surface area contributed by atoms with Crippen LogP contribution in [0.1, 0.15) is 16.0 Å². The van der Waals surface area contributed by atoms with Crippen molar-refractivity contribution in [1.29, 1.82) is 0 Å². The van der Waals surface area contributed by atoms with Gasteiger partial charge in [-0.1, -0.05) is 47.5 Å². The van der Waals surface area contributed by atoms with Gasteiger partial charge < -0.3 is 0 Å². The van der Waals surface area contributed by atoms with Crippen LogP contribution < -0.4 is 5.43 Å². The Hall–Kier alpha value is -2.52. The number of hydrazone groups is 1. The Labute approximate surface area is 184 Å². The van der Waals surface area contributed by atoms with Crippen LogP contribution in [0.2, 0.25) is 5.02 Å². The molecule has 1 amide bonds. The van der Waals surface area contributed by atoms with E-state index in [1.165, 1.54) is 29.7 Å². The second kappa shape index (κ2) is 9.99. The third kappa shape index (κ3) is 5.99. The number of hydrogen-bond donors (Lipinski definition) is 1. The van der Waals surface area contributed by atoms with E-state index in [1.54, 1.807) is 36.4 Å². The number of nitrogens with one attached hydrogen (secondary N) is 1. The minimum absolute atomic E-state index is 0.0233. The second-order valence-corrected chi connectivity index (χ2v) is 9.87. The van der Waals surface area contributed by atoms with Gasteiger partial charge in [-0.3, -0.25) is 4.79 Å². The minimum atomic E-state index is -3.90. The summed E-state index contributed by atoms with van der Waals surface area (Å²) in [5.41, 5.74) is 4.05. The number of thiophene rings is 1. The third-order valence-corrected chi connectivity index (χ3v) is 7.04. The molecule has 3 rings (SSSR count). The van der Waals surface area contributed by atoms with Gasteiger partial charge in [-0.2, -0.15) is 9.41 Å². The van der Waals surface area contributed by atoms with Crippen LogP contribution in [-0.2, 0) is 21.4 Å². The van der Waals surface area contributed by atoms with Crippen molar-refractivity contribution < 1.29 is 13.2 Å². The number of carbonyl (C=O) groups excluding carboxylic acids is 1. The lowest BCUT2D eigenvalue weighted by atomic mass is 10.2. The first-order chi connectivity index (χ1) is 14.3. The molecule has 0 unspecified atom stereocenters. The molecule has 0 bridgehead atoms. The first kappa shape index (κ1) is 22.2. The molecule has 2 aromatic carbocycles. The van der Waals surface area contributed by atoms with Crippen LogP contribution in [0, 0.1) is 6.92 Å². The van der Waals surface area contributed by atoms with Crippen molar-refractivity contribution in [2.45, 2.75) is 18.4 Å². The molecule has 30 heavy (non-hydrogen) atoms. The monoisotopic (exact) mass is 461 g/mol. The quantitative estimate of drug-likeness (QED) is 0.406. The van der Waals surface area contributed by atoms with E-state index in [0.29, 0.717) is 10.6 Å². The largest absolute Gasteiger partial charge is 0.272 e. The van der Waals surface area contributed by atoms with Crippen molar-refractivity contribution in [3.8, 4) is 0 Å². The summed E-state index contributed by atoms with van der Waals surface area (Å²) in [6.07, 6.45) is 1.51. The molecule has 0 fully saturated rings. The summed E-state index contributed by atoms with van der Waals surface area (Å²) < 4.78 is 27.5. The summed E-state index contributed by atoms with van der Waals surface area (Å²) in [6, 6.07) is 17.1. The van der Waals surface area contributed by atoms with Crippen molar-refractivity contribution in [3.63, 3.8) is 0 Å². The van der Waals surface area contributed by atoms with E-state index in [0.717, 1.165) is 14.7 Å². The lowest BCUT2D eigenvalue weighted by Crippen LogP contribution is -2.39. The molecule has 0 aliphatic rings. The lowest BCUT2D eigenvalue weighted by molar-refractivity contribution is -0.121. The average molecular weight is 462 g/mol. The second-order valence-electron chi connectivity index (χ2n) is 6.52. The first-order valence-electron chi connectivity index (χ1n) is 9.01. The van der Waals surface area contributed by atoms with Gasteiger partial charge in [0.15, 0.2) is 0 Å². The number of carbonyl (C=O) groups is 1. The highest BCUT2D eigenvalue weighted by molar-refractivity contribution is 7.89. The molecule has 0 atom stereocenters. The maximum absolute atomic E-state index is 13.2. The molecule has 1 aromatic heterocycles. The van der Waals surface area contributed by atoms with Gasteiger partial charge in [0.2, 0.25) is 10.0 Å². The van der Waals surface area contributed by atoms with E-state index in [-0.39, 0.29) is 18.0 Å². The van der Waals surface area contributed by atoms with Crippen molar-refractivity contribution in [3.05, 3.63) is 87.1 Å². The van der Waals surface area contributed by atoms with Gasteiger partial charge in [0, 0.05) is 16.4 Å². The zero-order valence-electron chi connectivity index (χ0n) is 16.2. The number of nitrogens with zero attached hydrogens (tertiary/aromatic N) is 2. The molecule has 0 saturated carbocycles. The summed E-state index contributed by atoms with van der Waals surface area (Å²) in [4.78, 5) is 13.4. The molecule has 3 aromatic rings. The van der Waals surface area contributed by atoms with Crippen LogP contribution in [0.4, 0.5) is 0 Å². The number of hydrogen-bond acceptors (Lipinski definition) is 5. The van der Waals surface area contributed by atoms with E-state index in [9.17, 15) is 13.2 Å². The molecule has 0 radical (unpaired) electrons. The Bertz CT molecular complexity index is 1110. The molecule has 0 aliphatic carbocycles. The Balaban J connectivity index is 1.80. The summed E-state index contributed by atoms with van der Waals surface area (Å²) in [6.45, 7) is 1.52.